The summed E-state index contributed by atoms with van der Waals surface area (Å²) in [5.74, 6) is 0. The highest BCUT2D eigenvalue weighted by molar-refractivity contribution is 5.20. The summed E-state index contributed by atoms with van der Waals surface area (Å²) in [5, 5.41) is 0. The maximum atomic E-state index is 2.27. The van der Waals surface area contributed by atoms with Gasteiger partial charge in [0, 0.05) is 0 Å². The molecule has 0 atom stereocenters. The Morgan fingerprint density at radius 1 is 0.273 bits per heavy atom. The molecular formula is C22H30. The van der Waals surface area contributed by atoms with Crippen molar-refractivity contribution in [2.75, 3.05) is 0 Å². The number of rotatable bonds is 0. The molecule has 0 saturated heterocycles. The zero-order chi connectivity index (χ0) is 15.6. The molecule has 0 saturated carbocycles. The van der Waals surface area contributed by atoms with Crippen LogP contribution in [0.25, 0.3) is 0 Å². The third-order valence-electron chi connectivity index (χ3n) is 3.49. The summed E-state index contributed by atoms with van der Waals surface area (Å²) in [6, 6.07) is 0. The molecule has 0 aromatic carbocycles. The van der Waals surface area contributed by atoms with Gasteiger partial charge in [0.2, 0.25) is 0 Å². The summed E-state index contributed by atoms with van der Waals surface area (Å²) in [4.78, 5) is 0. The van der Waals surface area contributed by atoms with Crippen LogP contribution in [0.1, 0.15) is 51.4 Å². The van der Waals surface area contributed by atoms with Gasteiger partial charge in [-0.1, -0.05) is 111 Å². The molecular weight excluding hydrogens is 264 g/mol. The maximum absolute atomic E-state index is 2.27. The highest BCUT2D eigenvalue weighted by Crippen LogP contribution is 2.09. The summed E-state index contributed by atoms with van der Waals surface area (Å²) >= 11 is 0. The minimum Gasteiger partial charge on any atom is -0.0845 e. The zero-order valence-corrected chi connectivity index (χ0v) is 13.7. The number of allylic oxidation sites excluding steroid dienone is 14. The van der Waals surface area contributed by atoms with Gasteiger partial charge in [-0.3, -0.25) is 0 Å². The van der Waals surface area contributed by atoms with E-state index in [1.54, 1.807) is 0 Å². The van der Waals surface area contributed by atoms with Crippen LogP contribution in [0.3, 0.4) is 0 Å². The highest BCUT2D eigenvalue weighted by Gasteiger charge is 1.89. The van der Waals surface area contributed by atoms with E-state index in [1.807, 2.05) is 24.3 Å². The second kappa shape index (κ2) is 15.6. The Morgan fingerprint density at radius 3 is 0.909 bits per heavy atom. The van der Waals surface area contributed by atoms with Crippen LogP contribution in [0.2, 0.25) is 0 Å². The van der Waals surface area contributed by atoms with Crippen LogP contribution in [0, 0.1) is 0 Å². The molecule has 0 bridgehead atoms. The van der Waals surface area contributed by atoms with Gasteiger partial charge in [0.05, 0.1) is 0 Å². The van der Waals surface area contributed by atoms with Crippen LogP contribution in [0.5, 0.6) is 0 Å². The first-order valence-electron chi connectivity index (χ1n) is 8.65. The topological polar surface area (TPSA) is 0 Å². The van der Waals surface area contributed by atoms with Gasteiger partial charge in [0.1, 0.15) is 0 Å². The Bertz CT molecular complexity index is 397. The van der Waals surface area contributed by atoms with Crippen LogP contribution < -0.4 is 0 Å². The van der Waals surface area contributed by atoms with Crippen LogP contribution in [0.15, 0.2) is 85.1 Å². The molecule has 0 spiro atoms. The third kappa shape index (κ3) is 13.2. The lowest BCUT2D eigenvalue weighted by molar-refractivity contribution is 0.600. The summed E-state index contributed by atoms with van der Waals surface area (Å²) < 4.78 is 0. The molecule has 0 aliphatic heterocycles. The summed E-state index contributed by atoms with van der Waals surface area (Å²) in [6.45, 7) is 0. The Morgan fingerprint density at radius 2 is 0.545 bits per heavy atom. The van der Waals surface area contributed by atoms with Gasteiger partial charge < -0.3 is 0 Å². The quantitative estimate of drug-likeness (QED) is 0.450. The molecule has 22 heavy (non-hydrogen) atoms. The normalized spacial score (nSPS) is 27.6. The predicted octanol–water partition coefficient (Wildman–Crippen LogP) is 7.01. The van der Waals surface area contributed by atoms with Crippen molar-refractivity contribution in [1.82, 2.24) is 0 Å². The lowest BCUT2D eigenvalue weighted by atomic mass is 10.1. The van der Waals surface area contributed by atoms with E-state index in [0.29, 0.717) is 0 Å². The number of hydrogen-bond acceptors (Lipinski definition) is 0. The molecule has 0 N–H and O–H groups in total. The van der Waals surface area contributed by atoms with Crippen molar-refractivity contribution >= 4 is 0 Å². The second-order valence-corrected chi connectivity index (χ2v) is 5.48. The molecule has 0 unspecified atom stereocenters. The molecule has 118 valence electrons. The van der Waals surface area contributed by atoms with E-state index in [-0.39, 0.29) is 0 Å². The molecule has 0 aromatic heterocycles. The van der Waals surface area contributed by atoms with Crippen molar-refractivity contribution in [2.24, 2.45) is 0 Å². The molecule has 0 heterocycles. The number of hydrogen-bond donors (Lipinski definition) is 0. The first kappa shape index (κ1) is 18.2. The van der Waals surface area contributed by atoms with Gasteiger partial charge in [-0.2, -0.15) is 0 Å². The average Bonchev–Trinajstić information content (AvgIpc) is 2.53. The fourth-order valence-electron chi connectivity index (χ4n) is 2.22. The lowest BCUT2D eigenvalue weighted by Crippen LogP contribution is -1.79. The van der Waals surface area contributed by atoms with Crippen molar-refractivity contribution < 1.29 is 0 Å². The van der Waals surface area contributed by atoms with Crippen molar-refractivity contribution in [3.8, 4) is 0 Å². The molecule has 1 aliphatic carbocycles. The second-order valence-electron chi connectivity index (χ2n) is 5.48. The van der Waals surface area contributed by atoms with E-state index in [1.165, 1.54) is 51.4 Å². The van der Waals surface area contributed by atoms with Crippen molar-refractivity contribution in [3.05, 3.63) is 85.1 Å². The van der Waals surface area contributed by atoms with Crippen LogP contribution >= 0.6 is 0 Å². The van der Waals surface area contributed by atoms with E-state index in [9.17, 15) is 0 Å². The monoisotopic (exact) mass is 294 g/mol. The summed E-state index contributed by atoms with van der Waals surface area (Å²) in [7, 11) is 0. The zero-order valence-electron chi connectivity index (χ0n) is 13.7. The Balaban J connectivity index is 2.40. The molecule has 0 nitrogen and oxygen atoms in total. The molecule has 1 aliphatic rings. The average molecular weight is 294 g/mol. The van der Waals surface area contributed by atoms with E-state index in [4.69, 9.17) is 0 Å². The van der Waals surface area contributed by atoms with E-state index in [0.717, 1.165) is 0 Å². The van der Waals surface area contributed by atoms with Crippen molar-refractivity contribution in [1.29, 1.82) is 0 Å². The van der Waals surface area contributed by atoms with Gasteiger partial charge in [0.15, 0.2) is 0 Å². The summed E-state index contributed by atoms with van der Waals surface area (Å²) in [5.41, 5.74) is 0. The van der Waals surface area contributed by atoms with Gasteiger partial charge in [0.25, 0.3) is 0 Å². The first-order valence-corrected chi connectivity index (χ1v) is 8.65. The minimum absolute atomic E-state index is 1.20. The van der Waals surface area contributed by atoms with E-state index >= 15 is 0 Å². The van der Waals surface area contributed by atoms with E-state index in [2.05, 4.69) is 60.8 Å². The van der Waals surface area contributed by atoms with Gasteiger partial charge in [-0.15, -0.1) is 0 Å². The van der Waals surface area contributed by atoms with Gasteiger partial charge in [-0.05, 0) is 25.7 Å². The molecule has 0 radical (unpaired) electrons. The smallest absolute Gasteiger partial charge is 0.0348 e. The third-order valence-corrected chi connectivity index (χ3v) is 3.49. The fraction of sp³-hybridized carbons (Fsp3) is 0.364. The van der Waals surface area contributed by atoms with Crippen LogP contribution in [0.4, 0.5) is 0 Å². The largest absolute Gasteiger partial charge is 0.0845 e. The van der Waals surface area contributed by atoms with E-state index < -0.39 is 0 Å². The molecule has 0 fully saturated rings. The Kier molecular flexibility index (Phi) is 12.9. The lowest BCUT2D eigenvalue weighted by Gasteiger charge is -1.99. The Hall–Kier alpha value is -1.82. The fourth-order valence-corrected chi connectivity index (χ4v) is 2.22. The van der Waals surface area contributed by atoms with Crippen molar-refractivity contribution in [3.63, 3.8) is 0 Å². The molecule has 0 heteroatoms. The van der Waals surface area contributed by atoms with Crippen molar-refractivity contribution in [2.45, 2.75) is 51.4 Å². The first-order chi connectivity index (χ1) is 11.0. The Labute approximate surface area is 137 Å². The minimum atomic E-state index is 1.20. The predicted molar refractivity (Wildman–Crippen MR) is 101 cm³/mol. The molecule has 0 aromatic rings. The SMILES string of the molecule is C1=CCCCCCCCC/C=C/C=C\C=C\C=C\C=C\C=C/1. The van der Waals surface area contributed by atoms with Crippen LogP contribution in [-0.2, 0) is 0 Å². The van der Waals surface area contributed by atoms with Gasteiger partial charge >= 0.3 is 0 Å². The standard InChI is InChI=1S/C22H30/c1-2-4-6-8-10-12-14-16-18-20-22-21-19-17-15-13-11-9-7-5-3-1/h1-14H,15-22H2/b2-1+,5-3+,6-4+,9-7-,10-8-,13-11+,14-12?. The molecule has 0 amide bonds. The highest BCUT2D eigenvalue weighted by atomic mass is 14.0. The van der Waals surface area contributed by atoms with Gasteiger partial charge in [-0.25, -0.2) is 0 Å². The summed E-state index contributed by atoms with van der Waals surface area (Å²) in [6.07, 6.45) is 40.0. The maximum Gasteiger partial charge on any atom is -0.0348 e. The van der Waals surface area contributed by atoms with Crippen LogP contribution in [-0.4, -0.2) is 0 Å². The molecule has 1 rings (SSSR count).